The zero-order valence-electron chi connectivity index (χ0n) is 14.0. The van der Waals surface area contributed by atoms with Gasteiger partial charge in [-0.3, -0.25) is 0 Å². The number of hydrogen-bond acceptors (Lipinski definition) is 5. The van der Waals surface area contributed by atoms with E-state index in [1.807, 2.05) is 11.4 Å². The summed E-state index contributed by atoms with van der Waals surface area (Å²) in [4.78, 5) is 5.17. The van der Waals surface area contributed by atoms with Crippen molar-refractivity contribution in [3.63, 3.8) is 0 Å². The lowest BCUT2D eigenvalue weighted by Gasteiger charge is -2.01. The Balaban J connectivity index is 1.80. The molecule has 7 heteroatoms. The van der Waals surface area contributed by atoms with E-state index in [4.69, 9.17) is 4.42 Å². The van der Waals surface area contributed by atoms with Gasteiger partial charge in [0.15, 0.2) is 5.76 Å². The molecule has 0 aliphatic rings. The quantitative estimate of drug-likeness (QED) is 0.519. The Hall–Kier alpha value is -3.45. The van der Waals surface area contributed by atoms with Crippen LogP contribution in [0.1, 0.15) is 5.56 Å². The Bertz CT molecular complexity index is 1130. The largest absolute Gasteiger partial charge is 0.508 e. The summed E-state index contributed by atoms with van der Waals surface area (Å²) in [6, 6.07) is 16.3. The summed E-state index contributed by atoms with van der Waals surface area (Å²) >= 11 is 1.40. The number of phenolic OH excluding ortho intramolecular Hbond substituents is 1. The van der Waals surface area contributed by atoms with E-state index in [-0.39, 0.29) is 11.6 Å². The van der Waals surface area contributed by atoms with E-state index < -0.39 is 0 Å². The molecule has 0 saturated heterocycles. The maximum absolute atomic E-state index is 13.1. The highest BCUT2D eigenvalue weighted by molar-refractivity contribution is 7.07. The first-order valence-corrected chi connectivity index (χ1v) is 8.95. The smallest absolute Gasteiger partial charge is 0.211 e. The van der Waals surface area contributed by atoms with Crippen LogP contribution in [0.5, 0.6) is 5.75 Å². The standard InChI is InChI=1S/C20H14FN3O2S/c21-15-5-7-16(8-6-15)23-20-24(18(13-27-20)19-2-1-11-26-19)22-12-14-3-9-17(25)10-4-14/h1-13,25H. The van der Waals surface area contributed by atoms with Gasteiger partial charge in [-0.15, -0.1) is 11.3 Å². The Kier molecular flexibility index (Phi) is 4.67. The van der Waals surface area contributed by atoms with Gasteiger partial charge in [0.1, 0.15) is 17.3 Å². The Morgan fingerprint density at radius 2 is 1.81 bits per heavy atom. The highest BCUT2D eigenvalue weighted by atomic mass is 32.1. The third-order valence-corrected chi connectivity index (χ3v) is 4.54. The van der Waals surface area contributed by atoms with Crippen LogP contribution in [0.2, 0.25) is 0 Å². The molecule has 4 aromatic rings. The highest BCUT2D eigenvalue weighted by Crippen LogP contribution is 2.21. The van der Waals surface area contributed by atoms with Crippen molar-refractivity contribution in [2.75, 3.05) is 0 Å². The van der Waals surface area contributed by atoms with Crippen LogP contribution in [-0.4, -0.2) is 16.0 Å². The van der Waals surface area contributed by atoms with E-state index in [1.165, 1.54) is 23.5 Å². The van der Waals surface area contributed by atoms with Crippen molar-refractivity contribution in [2.24, 2.45) is 10.1 Å². The van der Waals surface area contributed by atoms with Crippen molar-refractivity contribution < 1.29 is 13.9 Å². The molecule has 2 heterocycles. The second-order valence-electron chi connectivity index (χ2n) is 5.62. The molecule has 0 saturated carbocycles. The van der Waals surface area contributed by atoms with E-state index in [9.17, 15) is 9.50 Å². The lowest BCUT2D eigenvalue weighted by molar-refractivity contribution is 0.475. The highest BCUT2D eigenvalue weighted by Gasteiger charge is 2.10. The van der Waals surface area contributed by atoms with E-state index in [0.29, 0.717) is 16.2 Å². The van der Waals surface area contributed by atoms with Gasteiger partial charge in [0.25, 0.3) is 0 Å². The molecular formula is C20H14FN3O2S. The zero-order valence-corrected chi connectivity index (χ0v) is 14.8. The molecule has 1 N–H and O–H groups in total. The number of nitrogens with zero attached hydrogens (tertiary/aromatic N) is 3. The number of aromatic nitrogens is 1. The van der Waals surface area contributed by atoms with Gasteiger partial charge in [-0.1, -0.05) is 0 Å². The van der Waals surface area contributed by atoms with Gasteiger partial charge in [0, 0.05) is 5.38 Å². The molecule has 0 amide bonds. The summed E-state index contributed by atoms with van der Waals surface area (Å²) in [5, 5.41) is 15.8. The molecule has 0 atom stereocenters. The van der Waals surface area contributed by atoms with Gasteiger partial charge in [-0.25, -0.2) is 14.1 Å². The Labute approximate surface area is 158 Å². The Morgan fingerprint density at radius 3 is 2.52 bits per heavy atom. The number of aromatic hydroxyl groups is 1. The first-order chi connectivity index (χ1) is 13.2. The van der Waals surface area contributed by atoms with E-state index in [1.54, 1.807) is 59.6 Å². The molecule has 4 rings (SSSR count). The fraction of sp³-hybridized carbons (Fsp3) is 0. The third kappa shape index (κ3) is 3.88. The Morgan fingerprint density at radius 1 is 1.04 bits per heavy atom. The summed E-state index contributed by atoms with van der Waals surface area (Å²) in [6.45, 7) is 0. The predicted molar refractivity (Wildman–Crippen MR) is 103 cm³/mol. The van der Waals surface area contributed by atoms with Crippen LogP contribution in [0, 0.1) is 5.82 Å². The number of furan rings is 1. The monoisotopic (exact) mass is 379 g/mol. The lowest BCUT2D eigenvalue weighted by atomic mass is 10.2. The second-order valence-corrected chi connectivity index (χ2v) is 6.45. The molecule has 2 aromatic carbocycles. The van der Waals surface area contributed by atoms with Crippen LogP contribution in [-0.2, 0) is 0 Å². The fourth-order valence-corrected chi connectivity index (χ4v) is 3.23. The van der Waals surface area contributed by atoms with E-state index in [2.05, 4.69) is 10.1 Å². The van der Waals surface area contributed by atoms with Gasteiger partial charge in [-0.2, -0.15) is 5.10 Å². The average molecular weight is 379 g/mol. The minimum absolute atomic E-state index is 0.193. The van der Waals surface area contributed by atoms with Crippen molar-refractivity contribution in [1.29, 1.82) is 0 Å². The van der Waals surface area contributed by atoms with Crippen LogP contribution in [0.25, 0.3) is 11.5 Å². The molecule has 0 fully saturated rings. The van der Waals surface area contributed by atoms with Gasteiger partial charge in [0.05, 0.1) is 18.2 Å². The van der Waals surface area contributed by atoms with Gasteiger partial charge in [0.2, 0.25) is 4.80 Å². The zero-order chi connectivity index (χ0) is 18.6. The topological polar surface area (TPSA) is 63.0 Å². The summed E-state index contributed by atoms with van der Waals surface area (Å²) < 4.78 is 20.3. The number of phenols is 1. The van der Waals surface area contributed by atoms with Gasteiger partial charge >= 0.3 is 0 Å². The lowest BCUT2D eigenvalue weighted by Crippen LogP contribution is -2.11. The fourth-order valence-electron chi connectivity index (χ4n) is 2.39. The summed E-state index contributed by atoms with van der Waals surface area (Å²) in [6.07, 6.45) is 3.26. The number of benzene rings is 2. The first-order valence-electron chi connectivity index (χ1n) is 8.07. The maximum atomic E-state index is 13.1. The van der Waals surface area contributed by atoms with Gasteiger partial charge < -0.3 is 9.52 Å². The molecule has 0 aliphatic heterocycles. The second kappa shape index (κ2) is 7.43. The molecule has 0 spiro atoms. The first kappa shape index (κ1) is 17.0. The maximum Gasteiger partial charge on any atom is 0.211 e. The molecule has 0 radical (unpaired) electrons. The molecular weight excluding hydrogens is 365 g/mol. The predicted octanol–water partition coefficient (Wildman–Crippen LogP) is 4.77. The summed E-state index contributed by atoms with van der Waals surface area (Å²) in [5.41, 5.74) is 2.20. The van der Waals surface area contributed by atoms with E-state index >= 15 is 0 Å². The van der Waals surface area contributed by atoms with Crippen molar-refractivity contribution in [3.8, 4) is 17.2 Å². The minimum Gasteiger partial charge on any atom is -0.508 e. The molecule has 0 bridgehead atoms. The molecule has 2 aromatic heterocycles. The number of rotatable bonds is 4. The normalized spacial score (nSPS) is 12.1. The molecule has 0 aliphatic carbocycles. The SMILES string of the molecule is Oc1ccc(C=Nn2c(-c3ccco3)csc2=Nc2ccc(F)cc2)cc1. The van der Waals surface area contributed by atoms with Crippen molar-refractivity contribution >= 4 is 23.2 Å². The molecule has 5 nitrogen and oxygen atoms in total. The summed E-state index contributed by atoms with van der Waals surface area (Å²) in [7, 11) is 0. The van der Waals surface area contributed by atoms with Gasteiger partial charge in [-0.05, 0) is 66.2 Å². The average Bonchev–Trinajstić information content (AvgIpc) is 3.33. The van der Waals surface area contributed by atoms with Crippen molar-refractivity contribution in [1.82, 2.24) is 4.68 Å². The van der Waals surface area contributed by atoms with Crippen LogP contribution in [0.4, 0.5) is 10.1 Å². The third-order valence-electron chi connectivity index (χ3n) is 3.73. The van der Waals surface area contributed by atoms with Crippen LogP contribution >= 0.6 is 11.3 Å². The molecule has 0 unspecified atom stereocenters. The number of thiazole rings is 1. The van der Waals surface area contributed by atoms with Crippen molar-refractivity contribution in [2.45, 2.75) is 0 Å². The number of hydrogen-bond donors (Lipinski definition) is 1. The molecule has 134 valence electrons. The number of halogens is 1. The van der Waals surface area contributed by atoms with E-state index in [0.717, 1.165) is 11.3 Å². The molecule has 27 heavy (non-hydrogen) atoms. The van der Waals surface area contributed by atoms with Crippen molar-refractivity contribution in [3.05, 3.63) is 88.5 Å². The van der Waals surface area contributed by atoms with Crippen LogP contribution < -0.4 is 4.80 Å². The minimum atomic E-state index is -0.311. The van der Waals surface area contributed by atoms with Crippen LogP contribution in [0.15, 0.2) is 86.8 Å². The summed E-state index contributed by atoms with van der Waals surface area (Å²) in [5.74, 6) is 0.544. The van der Waals surface area contributed by atoms with Crippen LogP contribution in [0.3, 0.4) is 0 Å².